The SMILES string of the molecule is C=CC(=O)Nc1cccc(N2C(=O)N(CCN3CCCC3=O)Cc3cnc(Nc4ccc(Oc5ccnc(C(=O)CCC)c5)cc4)nc32)c1. The predicted molar refractivity (Wildman–Crippen MR) is 184 cm³/mol. The molecule has 2 aliphatic heterocycles. The second-order valence-electron chi connectivity index (χ2n) is 11.6. The van der Waals surface area contributed by atoms with Crippen LogP contribution in [0.2, 0.25) is 0 Å². The van der Waals surface area contributed by atoms with Crippen molar-refractivity contribution in [1.29, 1.82) is 0 Å². The molecule has 2 N–H and O–H groups in total. The summed E-state index contributed by atoms with van der Waals surface area (Å²) < 4.78 is 5.96. The molecule has 1 saturated heterocycles. The van der Waals surface area contributed by atoms with Crippen molar-refractivity contribution in [2.75, 3.05) is 35.2 Å². The number of hydrogen-bond acceptors (Lipinski definition) is 9. The average molecular weight is 661 g/mol. The van der Waals surface area contributed by atoms with E-state index < -0.39 is 0 Å². The molecular weight excluding hydrogens is 624 g/mol. The number of benzene rings is 2. The van der Waals surface area contributed by atoms with Crippen molar-refractivity contribution < 1.29 is 23.9 Å². The molecule has 1 fully saturated rings. The molecule has 6 rings (SSSR count). The molecule has 2 aromatic heterocycles. The molecule has 0 spiro atoms. The number of aromatic nitrogens is 3. The number of amides is 4. The first kappa shape index (κ1) is 32.8. The Hall–Kier alpha value is -6.11. The Bertz CT molecular complexity index is 1900. The number of nitrogens with zero attached hydrogens (tertiary/aromatic N) is 6. The maximum absolute atomic E-state index is 14.0. The Morgan fingerprint density at radius 3 is 2.55 bits per heavy atom. The van der Waals surface area contributed by atoms with Crippen LogP contribution >= 0.6 is 0 Å². The molecule has 4 amide bonds. The number of carbonyl (C=O) groups is 4. The molecule has 0 bridgehead atoms. The molecule has 13 heteroatoms. The van der Waals surface area contributed by atoms with Gasteiger partial charge >= 0.3 is 6.03 Å². The van der Waals surface area contributed by atoms with Crippen LogP contribution in [0.5, 0.6) is 11.5 Å². The zero-order valence-corrected chi connectivity index (χ0v) is 27.1. The van der Waals surface area contributed by atoms with E-state index in [2.05, 4.69) is 27.2 Å². The van der Waals surface area contributed by atoms with Crippen molar-refractivity contribution in [3.63, 3.8) is 0 Å². The van der Waals surface area contributed by atoms with Crippen LogP contribution in [0.15, 0.2) is 85.7 Å². The first-order valence-electron chi connectivity index (χ1n) is 16.1. The van der Waals surface area contributed by atoms with E-state index in [0.29, 0.717) is 72.5 Å². The van der Waals surface area contributed by atoms with Crippen molar-refractivity contribution in [3.8, 4) is 11.5 Å². The summed E-state index contributed by atoms with van der Waals surface area (Å²) >= 11 is 0. The lowest BCUT2D eigenvalue weighted by molar-refractivity contribution is -0.127. The van der Waals surface area contributed by atoms with E-state index >= 15 is 0 Å². The van der Waals surface area contributed by atoms with Gasteiger partial charge in [0.15, 0.2) is 11.6 Å². The fraction of sp³-hybridized carbons (Fsp3) is 0.250. The molecule has 250 valence electrons. The highest BCUT2D eigenvalue weighted by Gasteiger charge is 2.34. The van der Waals surface area contributed by atoms with Crippen LogP contribution in [0, 0.1) is 0 Å². The molecule has 49 heavy (non-hydrogen) atoms. The number of nitrogens with one attached hydrogen (secondary N) is 2. The highest BCUT2D eigenvalue weighted by Crippen LogP contribution is 2.35. The Morgan fingerprint density at radius 1 is 0.980 bits per heavy atom. The molecule has 2 aromatic carbocycles. The number of urea groups is 1. The highest BCUT2D eigenvalue weighted by atomic mass is 16.5. The quantitative estimate of drug-likeness (QED) is 0.126. The Morgan fingerprint density at radius 2 is 1.80 bits per heavy atom. The van der Waals surface area contributed by atoms with Crippen molar-refractivity contribution in [1.82, 2.24) is 24.8 Å². The summed E-state index contributed by atoms with van der Waals surface area (Å²) in [4.78, 5) is 68.9. The van der Waals surface area contributed by atoms with E-state index in [1.54, 1.807) is 82.9 Å². The van der Waals surface area contributed by atoms with E-state index in [4.69, 9.17) is 9.72 Å². The van der Waals surface area contributed by atoms with Crippen molar-refractivity contribution in [2.45, 2.75) is 39.2 Å². The van der Waals surface area contributed by atoms with Crippen LogP contribution < -0.4 is 20.3 Å². The summed E-state index contributed by atoms with van der Waals surface area (Å²) in [6, 6.07) is 17.1. The zero-order chi connectivity index (χ0) is 34.3. The highest BCUT2D eigenvalue weighted by molar-refractivity contribution is 6.03. The largest absolute Gasteiger partial charge is 0.457 e. The third kappa shape index (κ3) is 7.73. The summed E-state index contributed by atoms with van der Waals surface area (Å²) in [6.45, 7) is 7.18. The van der Waals surface area contributed by atoms with E-state index in [-0.39, 0.29) is 36.1 Å². The lowest BCUT2D eigenvalue weighted by Crippen LogP contribution is -2.48. The van der Waals surface area contributed by atoms with Gasteiger partial charge in [-0.25, -0.2) is 14.7 Å². The minimum atomic E-state index is -0.378. The van der Waals surface area contributed by atoms with Crippen LogP contribution in [-0.2, 0) is 16.1 Å². The summed E-state index contributed by atoms with van der Waals surface area (Å²) in [6.07, 6.45) is 6.91. The summed E-state index contributed by atoms with van der Waals surface area (Å²) in [7, 11) is 0. The third-order valence-corrected chi connectivity index (χ3v) is 8.09. The second kappa shape index (κ2) is 14.8. The van der Waals surface area contributed by atoms with Gasteiger partial charge in [-0.3, -0.25) is 19.4 Å². The second-order valence-corrected chi connectivity index (χ2v) is 11.6. The molecule has 13 nitrogen and oxygen atoms in total. The number of fused-ring (bicyclic) bond motifs is 1. The van der Waals surface area contributed by atoms with Gasteiger partial charge in [0.1, 0.15) is 17.2 Å². The minimum absolute atomic E-state index is 0.0312. The van der Waals surface area contributed by atoms with Gasteiger partial charge < -0.3 is 25.2 Å². The maximum Gasteiger partial charge on any atom is 0.330 e. The van der Waals surface area contributed by atoms with Crippen LogP contribution in [0.3, 0.4) is 0 Å². The van der Waals surface area contributed by atoms with Gasteiger partial charge in [-0.2, -0.15) is 4.98 Å². The van der Waals surface area contributed by atoms with E-state index in [1.807, 2.05) is 6.92 Å². The third-order valence-electron chi connectivity index (χ3n) is 8.09. The Balaban J connectivity index is 1.23. The number of rotatable bonds is 13. The Labute approximate surface area is 283 Å². The smallest absolute Gasteiger partial charge is 0.330 e. The standard InChI is InChI=1S/C36H36N8O5/c1-3-7-31(45)30-21-29(15-16-37-30)49-28-13-11-25(12-14-28)40-35-38-22-24-23-43(19-18-42-17-6-10-33(42)47)36(48)44(34(24)41-35)27-9-5-8-26(20-27)39-32(46)4-2/h4-5,8-9,11-16,20-22H,2-3,6-7,10,17-19,23H2,1H3,(H,39,46)(H,38,40,41). The van der Waals surface area contributed by atoms with Crippen molar-refractivity contribution in [2.24, 2.45) is 0 Å². The number of Topliss-reactive ketones (excluding diaryl/α,β-unsaturated/α-hetero) is 1. The minimum Gasteiger partial charge on any atom is -0.457 e. The van der Waals surface area contributed by atoms with Gasteiger partial charge in [0.25, 0.3) is 0 Å². The monoisotopic (exact) mass is 660 g/mol. The van der Waals surface area contributed by atoms with Gasteiger partial charge in [-0.15, -0.1) is 0 Å². The van der Waals surface area contributed by atoms with E-state index in [0.717, 1.165) is 18.4 Å². The van der Waals surface area contributed by atoms with Crippen LogP contribution in [0.25, 0.3) is 0 Å². The number of hydrogen-bond donors (Lipinski definition) is 2. The van der Waals surface area contributed by atoms with Crippen LogP contribution in [0.1, 0.15) is 48.7 Å². The number of anilines is 5. The first-order chi connectivity index (χ1) is 23.8. The van der Waals surface area contributed by atoms with E-state index in [9.17, 15) is 19.2 Å². The van der Waals surface area contributed by atoms with Gasteiger partial charge in [-0.05, 0) is 67.4 Å². The van der Waals surface area contributed by atoms with Crippen LogP contribution in [0.4, 0.5) is 33.6 Å². The fourth-order valence-electron chi connectivity index (χ4n) is 5.63. The lowest BCUT2D eigenvalue weighted by atomic mass is 10.1. The van der Waals surface area contributed by atoms with Gasteiger partial charge in [-0.1, -0.05) is 19.6 Å². The number of likely N-dealkylation sites (tertiary alicyclic amines) is 1. The summed E-state index contributed by atoms with van der Waals surface area (Å²) in [5.41, 5.74) is 2.75. The average Bonchev–Trinajstić information content (AvgIpc) is 3.52. The number of ether oxygens (including phenoxy) is 1. The molecule has 0 atom stereocenters. The molecule has 0 aliphatic carbocycles. The number of pyridine rings is 1. The molecule has 4 aromatic rings. The number of carbonyl (C=O) groups excluding carboxylic acids is 4. The summed E-state index contributed by atoms with van der Waals surface area (Å²) in [5.74, 6) is 1.42. The van der Waals surface area contributed by atoms with Gasteiger partial charge in [0.2, 0.25) is 17.8 Å². The molecule has 0 unspecified atom stereocenters. The lowest BCUT2D eigenvalue weighted by Gasteiger charge is -2.37. The molecule has 0 radical (unpaired) electrons. The predicted octanol–water partition coefficient (Wildman–Crippen LogP) is 6.21. The molecule has 4 heterocycles. The summed E-state index contributed by atoms with van der Waals surface area (Å²) in [5, 5.41) is 5.94. The normalized spacial score (nSPS) is 14.0. The maximum atomic E-state index is 14.0. The van der Waals surface area contributed by atoms with E-state index in [1.165, 1.54) is 11.0 Å². The van der Waals surface area contributed by atoms with Gasteiger partial charge in [0.05, 0.1) is 12.2 Å². The Kier molecular flexibility index (Phi) is 9.88. The molecular formula is C36H36N8O5. The first-order valence-corrected chi connectivity index (χ1v) is 16.1. The fourth-order valence-corrected chi connectivity index (χ4v) is 5.63. The zero-order valence-electron chi connectivity index (χ0n) is 27.1. The van der Waals surface area contributed by atoms with Crippen molar-refractivity contribution >= 4 is 52.5 Å². The number of ketones is 1. The molecule has 2 aliphatic rings. The topological polar surface area (TPSA) is 150 Å². The molecule has 0 saturated carbocycles. The van der Waals surface area contributed by atoms with Gasteiger partial charge in [0, 0.05) is 67.9 Å². The van der Waals surface area contributed by atoms with Crippen molar-refractivity contribution in [3.05, 3.63) is 97.0 Å². The van der Waals surface area contributed by atoms with Crippen LogP contribution in [-0.4, -0.2) is 68.0 Å².